The number of rotatable bonds is 1. The van der Waals surface area contributed by atoms with E-state index in [0.717, 1.165) is 31.7 Å². The molecule has 0 saturated carbocycles. The number of nitrogens with one attached hydrogen (secondary N) is 1. The molecule has 2 N–H and O–H groups in total. The van der Waals surface area contributed by atoms with Gasteiger partial charge in [-0.05, 0) is 25.0 Å². The van der Waals surface area contributed by atoms with Crippen LogP contribution in [-0.4, -0.2) is 29.1 Å². The van der Waals surface area contributed by atoms with Crippen molar-refractivity contribution < 1.29 is 14.3 Å². The lowest BCUT2D eigenvalue weighted by Crippen LogP contribution is -2.35. The van der Waals surface area contributed by atoms with E-state index in [1.165, 1.54) is 12.1 Å². The number of likely N-dealkylation sites (tertiary alicyclic amines) is 1. The molecule has 0 spiro atoms. The SMILES string of the molecule is O=C(Nc1ccc(O)cc1F)N1CCCCCC1. The van der Waals surface area contributed by atoms with Crippen LogP contribution in [0.4, 0.5) is 14.9 Å². The van der Waals surface area contributed by atoms with Crippen molar-refractivity contribution >= 4 is 11.7 Å². The normalized spacial score (nSPS) is 16.2. The van der Waals surface area contributed by atoms with Crippen LogP contribution in [-0.2, 0) is 0 Å². The number of phenols is 1. The summed E-state index contributed by atoms with van der Waals surface area (Å²) >= 11 is 0. The standard InChI is InChI=1S/C13H17FN2O2/c14-11-9-10(17)5-6-12(11)15-13(18)16-7-3-1-2-4-8-16/h5-6,9,17H,1-4,7-8H2,(H,15,18). The van der Waals surface area contributed by atoms with Crippen LogP contribution >= 0.6 is 0 Å². The Morgan fingerprint density at radius 1 is 1.22 bits per heavy atom. The fourth-order valence-electron chi connectivity index (χ4n) is 2.07. The summed E-state index contributed by atoms with van der Waals surface area (Å²) in [5, 5.41) is 11.6. The Balaban J connectivity index is 2.01. The van der Waals surface area contributed by atoms with Crippen molar-refractivity contribution in [2.24, 2.45) is 0 Å². The van der Waals surface area contributed by atoms with Crippen LogP contribution in [0.5, 0.6) is 5.75 Å². The first-order valence-electron chi connectivity index (χ1n) is 6.21. The van der Waals surface area contributed by atoms with Crippen molar-refractivity contribution in [3.8, 4) is 5.75 Å². The zero-order valence-corrected chi connectivity index (χ0v) is 10.2. The second-order valence-corrected chi connectivity index (χ2v) is 4.50. The van der Waals surface area contributed by atoms with Crippen molar-refractivity contribution in [1.82, 2.24) is 4.90 Å². The number of halogens is 1. The van der Waals surface area contributed by atoms with E-state index in [9.17, 15) is 9.18 Å². The van der Waals surface area contributed by atoms with E-state index >= 15 is 0 Å². The van der Waals surface area contributed by atoms with Gasteiger partial charge in [-0.25, -0.2) is 9.18 Å². The van der Waals surface area contributed by atoms with Crippen LogP contribution in [0.15, 0.2) is 18.2 Å². The molecule has 0 unspecified atom stereocenters. The highest BCUT2D eigenvalue weighted by Gasteiger charge is 2.16. The Morgan fingerprint density at radius 3 is 2.50 bits per heavy atom. The lowest BCUT2D eigenvalue weighted by atomic mass is 10.2. The second-order valence-electron chi connectivity index (χ2n) is 4.50. The topological polar surface area (TPSA) is 52.6 Å². The molecule has 0 atom stereocenters. The lowest BCUT2D eigenvalue weighted by molar-refractivity contribution is 0.213. The van der Waals surface area contributed by atoms with Gasteiger partial charge in [-0.2, -0.15) is 0 Å². The van der Waals surface area contributed by atoms with Gasteiger partial charge in [-0.15, -0.1) is 0 Å². The molecule has 1 aromatic carbocycles. The van der Waals surface area contributed by atoms with Crippen molar-refractivity contribution in [2.45, 2.75) is 25.7 Å². The highest BCUT2D eigenvalue weighted by atomic mass is 19.1. The Hall–Kier alpha value is -1.78. The molecular formula is C13H17FN2O2. The van der Waals surface area contributed by atoms with Gasteiger partial charge in [0.2, 0.25) is 0 Å². The molecule has 1 heterocycles. The van der Waals surface area contributed by atoms with E-state index in [1.54, 1.807) is 4.90 Å². The molecule has 0 aromatic heterocycles. The number of aromatic hydroxyl groups is 1. The van der Waals surface area contributed by atoms with Crippen LogP contribution in [0.1, 0.15) is 25.7 Å². The third-order valence-corrected chi connectivity index (χ3v) is 3.09. The first-order valence-corrected chi connectivity index (χ1v) is 6.21. The van der Waals surface area contributed by atoms with Crippen molar-refractivity contribution in [3.63, 3.8) is 0 Å². The van der Waals surface area contributed by atoms with Gasteiger partial charge in [0.15, 0.2) is 0 Å². The molecule has 98 valence electrons. The summed E-state index contributed by atoms with van der Waals surface area (Å²) in [4.78, 5) is 13.7. The highest BCUT2D eigenvalue weighted by Crippen LogP contribution is 2.20. The average Bonchev–Trinajstić information content (AvgIpc) is 2.61. The minimum absolute atomic E-state index is 0.0991. The van der Waals surface area contributed by atoms with E-state index in [4.69, 9.17) is 5.11 Å². The third-order valence-electron chi connectivity index (χ3n) is 3.09. The van der Waals surface area contributed by atoms with Crippen molar-refractivity contribution in [3.05, 3.63) is 24.0 Å². The van der Waals surface area contributed by atoms with Gasteiger partial charge in [0, 0.05) is 19.2 Å². The zero-order valence-electron chi connectivity index (χ0n) is 10.2. The maximum atomic E-state index is 13.5. The Labute approximate surface area is 105 Å². The van der Waals surface area contributed by atoms with Crippen LogP contribution in [0.3, 0.4) is 0 Å². The summed E-state index contributed by atoms with van der Waals surface area (Å²) in [5.41, 5.74) is 0.0991. The first kappa shape index (κ1) is 12.7. The van der Waals surface area contributed by atoms with Gasteiger partial charge in [-0.3, -0.25) is 0 Å². The lowest BCUT2D eigenvalue weighted by Gasteiger charge is -2.20. The minimum Gasteiger partial charge on any atom is -0.508 e. The highest BCUT2D eigenvalue weighted by molar-refractivity contribution is 5.89. The maximum Gasteiger partial charge on any atom is 0.321 e. The average molecular weight is 252 g/mol. The summed E-state index contributed by atoms with van der Waals surface area (Å²) < 4.78 is 13.5. The summed E-state index contributed by atoms with van der Waals surface area (Å²) in [6.07, 6.45) is 4.26. The molecule has 0 bridgehead atoms. The number of urea groups is 1. The van der Waals surface area contributed by atoms with E-state index in [-0.39, 0.29) is 17.5 Å². The number of benzene rings is 1. The van der Waals surface area contributed by atoms with Gasteiger partial charge in [0.25, 0.3) is 0 Å². The number of hydrogen-bond acceptors (Lipinski definition) is 2. The van der Waals surface area contributed by atoms with Gasteiger partial charge < -0.3 is 15.3 Å². The number of amides is 2. The largest absolute Gasteiger partial charge is 0.508 e. The van der Waals surface area contributed by atoms with Gasteiger partial charge >= 0.3 is 6.03 Å². The molecule has 1 fully saturated rings. The minimum atomic E-state index is -0.627. The van der Waals surface area contributed by atoms with Crippen LogP contribution in [0, 0.1) is 5.82 Å². The molecule has 4 nitrogen and oxygen atoms in total. The van der Waals surface area contributed by atoms with Crippen molar-refractivity contribution in [1.29, 1.82) is 0 Å². The van der Waals surface area contributed by atoms with Gasteiger partial charge in [0.05, 0.1) is 5.69 Å². The smallest absolute Gasteiger partial charge is 0.321 e. The molecule has 1 aromatic rings. The first-order chi connectivity index (χ1) is 8.66. The molecule has 2 rings (SSSR count). The fourth-order valence-corrected chi connectivity index (χ4v) is 2.07. The van der Waals surface area contributed by atoms with E-state index in [2.05, 4.69) is 5.32 Å². The maximum absolute atomic E-state index is 13.5. The molecule has 1 saturated heterocycles. The quantitative estimate of drug-likeness (QED) is 0.755. The third kappa shape index (κ3) is 3.12. The second kappa shape index (κ2) is 5.71. The van der Waals surface area contributed by atoms with Gasteiger partial charge in [-0.1, -0.05) is 12.8 Å². The number of carbonyl (C=O) groups excluding carboxylic acids is 1. The Kier molecular flexibility index (Phi) is 4.02. The summed E-state index contributed by atoms with van der Waals surface area (Å²) in [6.45, 7) is 1.43. The molecule has 0 radical (unpaired) electrons. The van der Waals surface area contributed by atoms with Crippen LogP contribution in [0.25, 0.3) is 0 Å². The molecule has 1 aliphatic rings. The number of phenolic OH excluding ortho intramolecular Hbond substituents is 1. The Bertz CT molecular complexity index is 429. The molecule has 18 heavy (non-hydrogen) atoms. The fraction of sp³-hybridized carbons (Fsp3) is 0.462. The number of carbonyl (C=O) groups is 1. The predicted molar refractivity (Wildman–Crippen MR) is 67.1 cm³/mol. The molecule has 1 aliphatic heterocycles. The van der Waals surface area contributed by atoms with Crippen LogP contribution in [0.2, 0.25) is 0 Å². The molecular weight excluding hydrogens is 235 g/mol. The van der Waals surface area contributed by atoms with E-state index < -0.39 is 5.82 Å². The van der Waals surface area contributed by atoms with E-state index in [1.807, 2.05) is 0 Å². The predicted octanol–water partition coefficient (Wildman–Crippen LogP) is 2.94. The summed E-state index contributed by atoms with van der Waals surface area (Å²) in [6, 6.07) is 3.42. The Morgan fingerprint density at radius 2 is 1.89 bits per heavy atom. The van der Waals surface area contributed by atoms with Crippen molar-refractivity contribution in [2.75, 3.05) is 18.4 Å². The number of anilines is 1. The molecule has 2 amide bonds. The number of hydrogen-bond donors (Lipinski definition) is 2. The monoisotopic (exact) mass is 252 g/mol. The zero-order chi connectivity index (χ0) is 13.0. The summed E-state index contributed by atoms with van der Waals surface area (Å²) in [7, 11) is 0. The van der Waals surface area contributed by atoms with Gasteiger partial charge in [0.1, 0.15) is 11.6 Å². The molecule has 0 aliphatic carbocycles. The number of nitrogens with zero attached hydrogens (tertiary/aromatic N) is 1. The molecule has 5 heteroatoms. The van der Waals surface area contributed by atoms with E-state index in [0.29, 0.717) is 13.1 Å². The van der Waals surface area contributed by atoms with Crippen LogP contribution < -0.4 is 5.32 Å². The summed E-state index contributed by atoms with van der Waals surface area (Å²) in [5.74, 6) is -0.779.